The summed E-state index contributed by atoms with van der Waals surface area (Å²) in [7, 11) is 1.38. The lowest BCUT2D eigenvalue weighted by Gasteiger charge is -2.25. The average molecular weight is 396 g/mol. The number of rotatable bonds is 6. The predicted molar refractivity (Wildman–Crippen MR) is 111 cm³/mol. The largest absolute Gasteiger partial charge is 0.481 e. The minimum atomic E-state index is -0.505. The highest BCUT2D eigenvalue weighted by Gasteiger charge is 2.24. The first-order valence-corrected chi connectivity index (χ1v) is 9.97. The molecular weight excluding hydrogens is 368 g/mol. The molecule has 0 spiro atoms. The van der Waals surface area contributed by atoms with Gasteiger partial charge in [0.25, 0.3) is 5.91 Å². The van der Waals surface area contributed by atoms with Gasteiger partial charge < -0.3 is 14.4 Å². The van der Waals surface area contributed by atoms with Gasteiger partial charge in [0.1, 0.15) is 5.75 Å². The van der Waals surface area contributed by atoms with E-state index in [-0.39, 0.29) is 11.9 Å². The van der Waals surface area contributed by atoms with Crippen LogP contribution in [0.1, 0.15) is 29.3 Å². The number of para-hydroxylation sites is 1. The van der Waals surface area contributed by atoms with Crippen molar-refractivity contribution in [2.75, 3.05) is 33.3 Å². The van der Waals surface area contributed by atoms with E-state index in [2.05, 4.69) is 4.90 Å². The van der Waals surface area contributed by atoms with E-state index in [1.807, 2.05) is 47.4 Å². The zero-order chi connectivity index (χ0) is 20.6. The Kier molecular flexibility index (Phi) is 7.25. The summed E-state index contributed by atoms with van der Waals surface area (Å²) in [6.07, 6.45) is 0.416. The molecule has 0 N–H and O–H groups in total. The number of carbonyl (C=O) groups is 2. The van der Waals surface area contributed by atoms with E-state index in [4.69, 9.17) is 9.47 Å². The molecule has 1 saturated heterocycles. The molecule has 29 heavy (non-hydrogen) atoms. The maximum absolute atomic E-state index is 12.8. The molecule has 1 aliphatic heterocycles. The highest BCUT2D eigenvalue weighted by Crippen LogP contribution is 2.15. The third-order valence-electron chi connectivity index (χ3n) is 5.09. The molecule has 0 bridgehead atoms. The Morgan fingerprint density at radius 3 is 2.38 bits per heavy atom. The number of esters is 1. The van der Waals surface area contributed by atoms with E-state index in [1.54, 1.807) is 19.1 Å². The minimum Gasteiger partial charge on any atom is -0.481 e. The molecule has 1 heterocycles. The lowest BCUT2D eigenvalue weighted by Crippen LogP contribution is -2.42. The van der Waals surface area contributed by atoms with Gasteiger partial charge in [-0.2, -0.15) is 0 Å². The van der Waals surface area contributed by atoms with Crippen molar-refractivity contribution in [2.45, 2.75) is 26.0 Å². The zero-order valence-electron chi connectivity index (χ0n) is 17.0. The summed E-state index contributed by atoms with van der Waals surface area (Å²) in [4.78, 5) is 28.6. The fourth-order valence-corrected chi connectivity index (χ4v) is 3.48. The third kappa shape index (κ3) is 5.81. The van der Waals surface area contributed by atoms with Crippen LogP contribution < -0.4 is 4.74 Å². The number of amides is 1. The maximum atomic E-state index is 12.8. The predicted octanol–water partition coefficient (Wildman–Crippen LogP) is 2.98. The third-order valence-corrected chi connectivity index (χ3v) is 5.09. The van der Waals surface area contributed by atoms with E-state index in [9.17, 15) is 9.59 Å². The van der Waals surface area contributed by atoms with E-state index in [0.29, 0.717) is 17.9 Å². The second kappa shape index (κ2) is 10.1. The minimum absolute atomic E-state index is 0.0260. The monoisotopic (exact) mass is 396 g/mol. The summed E-state index contributed by atoms with van der Waals surface area (Å²) in [5.41, 5.74) is 1.69. The van der Waals surface area contributed by atoms with Crippen LogP contribution in [0.3, 0.4) is 0 Å². The highest BCUT2D eigenvalue weighted by molar-refractivity contribution is 5.89. The molecule has 6 heteroatoms. The first kappa shape index (κ1) is 20.9. The number of carbonyl (C=O) groups excluding carboxylic acids is 2. The Morgan fingerprint density at radius 2 is 1.69 bits per heavy atom. The number of hydrogen-bond acceptors (Lipinski definition) is 5. The van der Waals surface area contributed by atoms with E-state index in [0.717, 1.165) is 38.2 Å². The van der Waals surface area contributed by atoms with Gasteiger partial charge in [-0.05, 0) is 43.2 Å². The van der Waals surface area contributed by atoms with Crippen LogP contribution in [0.2, 0.25) is 0 Å². The molecular formula is C23H28N2O4. The van der Waals surface area contributed by atoms with Gasteiger partial charge >= 0.3 is 5.97 Å². The molecule has 1 fully saturated rings. The Hall–Kier alpha value is -2.86. The van der Waals surface area contributed by atoms with Gasteiger partial charge in [0.2, 0.25) is 0 Å². The van der Waals surface area contributed by atoms with Crippen molar-refractivity contribution in [3.8, 4) is 5.75 Å². The van der Waals surface area contributed by atoms with Gasteiger partial charge in [0, 0.05) is 32.7 Å². The van der Waals surface area contributed by atoms with E-state index in [1.165, 1.54) is 7.11 Å². The number of hydrogen-bond donors (Lipinski definition) is 0. The topological polar surface area (TPSA) is 59.1 Å². The van der Waals surface area contributed by atoms with Crippen LogP contribution in [0.25, 0.3) is 0 Å². The summed E-state index contributed by atoms with van der Waals surface area (Å²) in [6.45, 7) is 5.75. The number of ether oxygens (including phenoxy) is 2. The molecule has 0 aliphatic carbocycles. The molecule has 1 atom stereocenters. The van der Waals surface area contributed by atoms with Crippen molar-refractivity contribution in [3.63, 3.8) is 0 Å². The number of benzene rings is 2. The Labute approximate surface area is 172 Å². The van der Waals surface area contributed by atoms with Crippen LogP contribution in [0.15, 0.2) is 54.6 Å². The van der Waals surface area contributed by atoms with Gasteiger partial charge in [0.05, 0.1) is 12.7 Å². The lowest BCUT2D eigenvalue weighted by atomic mass is 10.1. The van der Waals surface area contributed by atoms with Gasteiger partial charge in [-0.15, -0.1) is 0 Å². The SMILES string of the molecule is COC(=O)c1ccc(CN2CCCN(C(=O)C(C)Oc3ccccc3)CC2)cc1. The summed E-state index contributed by atoms with van der Waals surface area (Å²) < 4.78 is 10.5. The molecule has 0 aromatic heterocycles. The van der Waals surface area contributed by atoms with E-state index < -0.39 is 6.10 Å². The summed E-state index contributed by atoms with van der Waals surface area (Å²) >= 11 is 0. The molecule has 0 radical (unpaired) electrons. The second-order valence-corrected chi connectivity index (χ2v) is 7.22. The van der Waals surface area contributed by atoms with Crippen molar-refractivity contribution in [1.82, 2.24) is 9.80 Å². The first-order valence-electron chi connectivity index (χ1n) is 9.97. The molecule has 2 aromatic carbocycles. The molecule has 0 saturated carbocycles. The van der Waals surface area contributed by atoms with Crippen LogP contribution in [-0.4, -0.2) is 61.1 Å². The van der Waals surface area contributed by atoms with Crippen LogP contribution >= 0.6 is 0 Å². The molecule has 3 rings (SSSR count). The lowest BCUT2D eigenvalue weighted by molar-refractivity contribution is -0.137. The van der Waals surface area contributed by atoms with Crippen molar-refractivity contribution < 1.29 is 19.1 Å². The molecule has 6 nitrogen and oxygen atoms in total. The Balaban J connectivity index is 1.51. The maximum Gasteiger partial charge on any atom is 0.337 e. The Bertz CT molecular complexity index is 807. The zero-order valence-corrected chi connectivity index (χ0v) is 17.0. The van der Waals surface area contributed by atoms with Crippen LogP contribution in [-0.2, 0) is 16.1 Å². The number of nitrogens with zero attached hydrogens (tertiary/aromatic N) is 2. The van der Waals surface area contributed by atoms with Gasteiger partial charge in [0.15, 0.2) is 6.10 Å². The molecule has 1 amide bonds. The van der Waals surface area contributed by atoms with Gasteiger partial charge in [-0.25, -0.2) is 4.79 Å². The normalized spacial score (nSPS) is 16.0. The standard InChI is InChI=1S/C23H28N2O4/c1-18(29-21-7-4-3-5-8-21)22(26)25-14-6-13-24(15-16-25)17-19-9-11-20(12-10-19)23(27)28-2/h3-5,7-12,18H,6,13-17H2,1-2H3. The quantitative estimate of drug-likeness (QED) is 0.703. The fourth-order valence-electron chi connectivity index (χ4n) is 3.48. The first-order chi connectivity index (χ1) is 14.1. The van der Waals surface area contributed by atoms with Gasteiger partial charge in [-0.1, -0.05) is 30.3 Å². The summed E-state index contributed by atoms with van der Waals surface area (Å²) in [5, 5.41) is 0. The molecule has 154 valence electrons. The van der Waals surface area contributed by atoms with Crippen LogP contribution in [0.4, 0.5) is 0 Å². The van der Waals surface area contributed by atoms with E-state index >= 15 is 0 Å². The fraction of sp³-hybridized carbons (Fsp3) is 0.391. The van der Waals surface area contributed by atoms with Crippen molar-refractivity contribution >= 4 is 11.9 Å². The molecule has 1 unspecified atom stereocenters. The highest BCUT2D eigenvalue weighted by atomic mass is 16.5. The number of methoxy groups -OCH3 is 1. The Morgan fingerprint density at radius 1 is 0.966 bits per heavy atom. The van der Waals surface area contributed by atoms with Crippen LogP contribution in [0, 0.1) is 0 Å². The van der Waals surface area contributed by atoms with Crippen molar-refractivity contribution in [1.29, 1.82) is 0 Å². The van der Waals surface area contributed by atoms with Crippen LogP contribution in [0.5, 0.6) is 5.75 Å². The molecule has 1 aliphatic rings. The molecule has 2 aromatic rings. The second-order valence-electron chi connectivity index (χ2n) is 7.22. The average Bonchev–Trinajstić information content (AvgIpc) is 2.99. The van der Waals surface area contributed by atoms with Gasteiger partial charge in [-0.3, -0.25) is 9.69 Å². The summed E-state index contributed by atoms with van der Waals surface area (Å²) in [6, 6.07) is 16.9. The van der Waals surface area contributed by atoms with Crippen molar-refractivity contribution in [2.24, 2.45) is 0 Å². The van der Waals surface area contributed by atoms with Crippen molar-refractivity contribution in [3.05, 3.63) is 65.7 Å². The smallest absolute Gasteiger partial charge is 0.337 e. The summed E-state index contributed by atoms with van der Waals surface area (Å²) in [5.74, 6) is 0.408.